The zero-order valence-electron chi connectivity index (χ0n) is 10.5. The van der Waals surface area contributed by atoms with E-state index in [1.165, 1.54) is 0 Å². The Morgan fingerprint density at radius 2 is 1.73 bits per heavy atom. The first-order valence-corrected chi connectivity index (χ1v) is 5.86. The molecule has 0 bridgehead atoms. The summed E-state index contributed by atoms with van der Waals surface area (Å²) in [6, 6.07) is 0.558. The van der Waals surface area contributed by atoms with E-state index in [1.807, 2.05) is 20.8 Å². The maximum Gasteiger partial charge on any atom is 0.309 e. The van der Waals surface area contributed by atoms with E-state index in [9.17, 15) is 4.79 Å². The van der Waals surface area contributed by atoms with Crippen LogP contribution in [0.1, 0.15) is 34.6 Å². The first-order chi connectivity index (χ1) is 6.91. The highest BCUT2D eigenvalue weighted by Crippen LogP contribution is 2.18. The topological polar surface area (TPSA) is 29.5 Å². The molecule has 0 spiro atoms. The predicted molar refractivity (Wildman–Crippen MR) is 60.6 cm³/mol. The lowest BCUT2D eigenvalue weighted by Gasteiger charge is -2.41. The molecule has 0 aromatic heterocycles. The number of likely N-dealkylation sites (tertiary alicyclic amines) is 1. The summed E-state index contributed by atoms with van der Waals surface area (Å²) >= 11 is 0. The number of nitrogens with zero attached hydrogens (tertiary/aromatic N) is 1. The van der Waals surface area contributed by atoms with Crippen LogP contribution in [0.2, 0.25) is 0 Å². The van der Waals surface area contributed by atoms with Crippen molar-refractivity contribution in [3.05, 3.63) is 0 Å². The summed E-state index contributed by atoms with van der Waals surface area (Å²) in [6.45, 7) is 12.2. The van der Waals surface area contributed by atoms with Crippen LogP contribution in [0.15, 0.2) is 0 Å². The van der Waals surface area contributed by atoms with Gasteiger partial charge in [0.05, 0.1) is 5.92 Å². The van der Waals surface area contributed by atoms with Crippen LogP contribution >= 0.6 is 0 Å². The molecule has 3 nitrogen and oxygen atoms in total. The lowest BCUT2D eigenvalue weighted by Crippen LogP contribution is -2.55. The zero-order chi connectivity index (χ0) is 11.6. The van der Waals surface area contributed by atoms with Crippen LogP contribution in [-0.4, -0.2) is 36.1 Å². The molecule has 1 saturated heterocycles. The van der Waals surface area contributed by atoms with Crippen LogP contribution in [-0.2, 0) is 9.53 Å². The van der Waals surface area contributed by atoms with Crippen molar-refractivity contribution in [1.82, 2.24) is 4.90 Å². The van der Waals surface area contributed by atoms with Gasteiger partial charge in [0.1, 0.15) is 6.10 Å². The van der Waals surface area contributed by atoms with Crippen molar-refractivity contribution >= 4 is 5.97 Å². The van der Waals surface area contributed by atoms with Crippen molar-refractivity contribution in [3.63, 3.8) is 0 Å². The van der Waals surface area contributed by atoms with E-state index in [0.29, 0.717) is 12.0 Å². The number of ether oxygens (including phenoxy) is 1. The van der Waals surface area contributed by atoms with Crippen molar-refractivity contribution in [2.45, 2.75) is 46.8 Å². The zero-order valence-corrected chi connectivity index (χ0v) is 10.5. The van der Waals surface area contributed by atoms with Gasteiger partial charge < -0.3 is 4.74 Å². The molecule has 3 heteroatoms. The standard InChI is InChI=1S/C12H23NO2/c1-8(2)10(5)12(14)15-11-6-13(7-11)9(3)4/h8-11H,6-7H2,1-5H3. The molecule has 0 N–H and O–H groups in total. The Kier molecular flexibility index (Phi) is 4.14. The van der Waals surface area contributed by atoms with Gasteiger partial charge in [0.15, 0.2) is 0 Å². The average Bonchev–Trinajstić information content (AvgIpc) is 2.07. The Labute approximate surface area is 92.8 Å². The van der Waals surface area contributed by atoms with Gasteiger partial charge in [-0.25, -0.2) is 0 Å². The van der Waals surface area contributed by atoms with E-state index < -0.39 is 0 Å². The van der Waals surface area contributed by atoms with E-state index in [2.05, 4.69) is 18.7 Å². The number of hydrogen-bond donors (Lipinski definition) is 0. The molecule has 1 aliphatic heterocycles. The molecular weight excluding hydrogens is 190 g/mol. The minimum atomic E-state index is -0.0431. The highest BCUT2D eigenvalue weighted by Gasteiger charge is 2.32. The van der Waals surface area contributed by atoms with Crippen LogP contribution in [0.3, 0.4) is 0 Å². The fraction of sp³-hybridized carbons (Fsp3) is 0.917. The summed E-state index contributed by atoms with van der Waals surface area (Å²) in [4.78, 5) is 13.9. The third-order valence-corrected chi connectivity index (χ3v) is 3.26. The minimum absolute atomic E-state index is 0.0121. The third-order valence-electron chi connectivity index (χ3n) is 3.26. The molecule has 0 saturated carbocycles. The summed E-state index contributed by atoms with van der Waals surface area (Å²) in [5, 5.41) is 0. The smallest absolute Gasteiger partial charge is 0.309 e. The van der Waals surface area contributed by atoms with Crippen LogP contribution in [0.4, 0.5) is 0 Å². The van der Waals surface area contributed by atoms with Gasteiger partial charge in [-0.3, -0.25) is 9.69 Å². The van der Waals surface area contributed by atoms with Gasteiger partial charge in [0, 0.05) is 19.1 Å². The normalized spacial score (nSPS) is 20.5. The van der Waals surface area contributed by atoms with Crippen LogP contribution in [0.5, 0.6) is 0 Å². The first-order valence-electron chi connectivity index (χ1n) is 5.86. The Morgan fingerprint density at radius 1 is 1.20 bits per heavy atom. The number of hydrogen-bond acceptors (Lipinski definition) is 3. The van der Waals surface area contributed by atoms with Crippen molar-refractivity contribution in [2.24, 2.45) is 11.8 Å². The molecule has 0 amide bonds. The SMILES string of the molecule is CC(C)C(C)C(=O)OC1CN(C(C)C)C1. The van der Waals surface area contributed by atoms with E-state index in [1.54, 1.807) is 0 Å². The van der Waals surface area contributed by atoms with Gasteiger partial charge in [-0.05, 0) is 19.8 Å². The monoisotopic (exact) mass is 213 g/mol. The summed E-state index contributed by atoms with van der Waals surface area (Å²) in [5.41, 5.74) is 0. The van der Waals surface area contributed by atoms with Crippen LogP contribution in [0, 0.1) is 11.8 Å². The van der Waals surface area contributed by atoms with Crippen molar-refractivity contribution in [1.29, 1.82) is 0 Å². The molecule has 1 aliphatic rings. The highest BCUT2D eigenvalue weighted by atomic mass is 16.5. The molecule has 15 heavy (non-hydrogen) atoms. The minimum Gasteiger partial charge on any atom is -0.459 e. The van der Waals surface area contributed by atoms with Gasteiger partial charge in [-0.1, -0.05) is 20.8 Å². The molecule has 1 fully saturated rings. The largest absolute Gasteiger partial charge is 0.459 e. The molecular formula is C12H23NO2. The van der Waals surface area contributed by atoms with E-state index >= 15 is 0 Å². The van der Waals surface area contributed by atoms with Gasteiger partial charge in [-0.2, -0.15) is 0 Å². The molecule has 0 aromatic rings. The third kappa shape index (κ3) is 3.20. The summed E-state index contributed by atoms with van der Waals surface area (Å²) < 4.78 is 5.41. The summed E-state index contributed by atoms with van der Waals surface area (Å²) in [6.07, 6.45) is 0.126. The van der Waals surface area contributed by atoms with Crippen LogP contribution in [0.25, 0.3) is 0 Å². The lowest BCUT2D eigenvalue weighted by atomic mass is 9.98. The molecule has 0 aliphatic carbocycles. The Morgan fingerprint density at radius 3 is 2.13 bits per heavy atom. The quantitative estimate of drug-likeness (QED) is 0.668. The van der Waals surface area contributed by atoms with E-state index in [0.717, 1.165) is 13.1 Å². The molecule has 0 radical (unpaired) electrons. The van der Waals surface area contributed by atoms with Crippen LogP contribution < -0.4 is 0 Å². The lowest BCUT2D eigenvalue weighted by molar-refractivity contribution is -0.164. The summed E-state index contributed by atoms with van der Waals surface area (Å²) in [5.74, 6) is 0.329. The fourth-order valence-corrected chi connectivity index (χ4v) is 1.51. The molecule has 1 atom stereocenters. The second-order valence-electron chi connectivity index (χ2n) is 5.14. The maximum absolute atomic E-state index is 11.6. The molecule has 1 heterocycles. The van der Waals surface area contributed by atoms with Gasteiger partial charge >= 0.3 is 5.97 Å². The van der Waals surface area contributed by atoms with Gasteiger partial charge in [0.25, 0.3) is 0 Å². The molecule has 88 valence electrons. The Balaban J connectivity index is 2.25. The molecule has 1 rings (SSSR count). The molecule has 0 aromatic carbocycles. The number of esters is 1. The Bertz CT molecular complexity index is 220. The predicted octanol–water partition coefficient (Wildman–Crippen LogP) is 1.91. The van der Waals surface area contributed by atoms with Crippen molar-refractivity contribution in [2.75, 3.05) is 13.1 Å². The second-order valence-corrected chi connectivity index (χ2v) is 5.14. The second kappa shape index (κ2) is 4.97. The fourth-order valence-electron chi connectivity index (χ4n) is 1.51. The molecule has 1 unspecified atom stereocenters. The number of carbonyl (C=O) groups is 1. The first kappa shape index (κ1) is 12.5. The number of carbonyl (C=O) groups excluding carboxylic acids is 1. The average molecular weight is 213 g/mol. The maximum atomic E-state index is 11.6. The van der Waals surface area contributed by atoms with Crippen molar-refractivity contribution < 1.29 is 9.53 Å². The van der Waals surface area contributed by atoms with E-state index in [-0.39, 0.29) is 18.0 Å². The van der Waals surface area contributed by atoms with Gasteiger partial charge in [0.2, 0.25) is 0 Å². The summed E-state index contributed by atoms with van der Waals surface area (Å²) in [7, 11) is 0. The van der Waals surface area contributed by atoms with E-state index in [4.69, 9.17) is 4.74 Å². The van der Waals surface area contributed by atoms with Crippen molar-refractivity contribution in [3.8, 4) is 0 Å². The number of rotatable bonds is 4. The van der Waals surface area contributed by atoms with Gasteiger partial charge in [-0.15, -0.1) is 0 Å². The highest BCUT2D eigenvalue weighted by molar-refractivity contribution is 5.72. The Hall–Kier alpha value is -0.570.